The Balaban J connectivity index is 3.15. The standard InChI is InChI=1S/C9H9Br2NO3/c1-6-4-7(11)5-8(12(13)14)9(6)15-3-2-10/h4-5H,2-3H2,1H3. The van der Waals surface area contributed by atoms with Gasteiger partial charge in [0.2, 0.25) is 0 Å². The molecule has 0 bridgehead atoms. The van der Waals surface area contributed by atoms with Gasteiger partial charge in [0.1, 0.15) is 0 Å². The van der Waals surface area contributed by atoms with Crippen LogP contribution >= 0.6 is 31.9 Å². The van der Waals surface area contributed by atoms with Crippen LogP contribution in [-0.2, 0) is 0 Å². The first kappa shape index (κ1) is 12.4. The number of rotatable bonds is 4. The van der Waals surface area contributed by atoms with Crippen molar-refractivity contribution in [3.05, 3.63) is 32.3 Å². The quantitative estimate of drug-likeness (QED) is 0.480. The predicted molar refractivity (Wildman–Crippen MR) is 64.8 cm³/mol. The molecule has 0 heterocycles. The lowest BCUT2D eigenvalue weighted by Gasteiger charge is -2.08. The second kappa shape index (κ2) is 5.46. The monoisotopic (exact) mass is 337 g/mol. The van der Waals surface area contributed by atoms with Crippen LogP contribution < -0.4 is 4.74 Å². The third kappa shape index (κ3) is 3.17. The maximum Gasteiger partial charge on any atom is 0.312 e. The maximum atomic E-state index is 10.8. The van der Waals surface area contributed by atoms with Crippen LogP contribution in [-0.4, -0.2) is 16.9 Å². The lowest BCUT2D eigenvalue weighted by atomic mass is 10.2. The lowest BCUT2D eigenvalue weighted by Crippen LogP contribution is -2.03. The summed E-state index contributed by atoms with van der Waals surface area (Å²) >= 11 is 6.42. The average Bonchev–Trinajstić information content (AvgIpc) is 2.15. The smallest absolute Gasteiger partial charge is 0.312 e. The summed E-state index contributed by atoms with van der Waals surface area (Å²) in [7, 11) is 0. The highest BCUT2D eigenvalue weighted by Gasteiger charge is 2.18. The number of alkyl halides is 1. The van der Waals surface area contributed by atoms with Crippen LogP contribution in [0.3, 0.4) is 0 Å². The van der Waals surface area contributed by atoms with E-state index in [9.17, 15) is 10.1 Å². The Morgan fingerprint density at radius 3 is 2.73 bits per heavy atom. The summed E-state index contributed by atoms with van der Waals surface area (Å²) < 4.78 is 6.00. The van der Waals surface area contributed by atoms with E-state index in [1.165, 1.54) is 6.07 Å². The number of benzene rings is 1. The van der Waals surface area contributed by atoms with Crippen molar-refractivity contribution in [1.29, 1.82) is 0 Å². The van der Waals surface area contributed by atoms with Gasteiger partial charge in [0.15, 0.2) is 5.75 Å². The molecule has 0 saturated heterocycles. The molecule has 0 aliphatic heterocycles. The van der Waals surface area contributed by atoms with Crippen molar-refractivity contribution in [3.63, 3.8) is 0 Å². The highest BCUT2D eigenvalue weighted by molar-refractivity contribution is 9.10. The normalized spacial score (nSPS) is 10.1. The Morgan fingerprint density at radius 2 is 2.20 bits per heavy atom. The van der Waals surface area contributed by atoms with Gasteiger partial charge in [-0.25, -0.2) is 0 Å². The van der Waals surface area contributed by atoms with Crippen LogP contribution in [0.25, 0.3) is 0 Å². The van der Waals surface area contributed by atoms with Crippen LogP contribution in [0.15, 0.2) is 16.6 Å². The fourth-order valence-electron chi connectivity index (χ4n) is 1.18. The minimum atomic E-state index is -0.443. The molecule has 0 N–H and O–H groups in total. The van der Waals surface area contributed by atoms with Crippen molar-refractivity contribution in [3.8, 4) is 5.75 Å². The van der Waals surface area contributed by atoms with E-state index in [4.69, 9.17) is 4.74 Å². The summed E-state index contributed by atoms with van der Waals surface area (Å²) in [5.41, 5.74) is 0.736. The number of nitro benzene ring substituents is 1. The Labute approximate surface area is 104 Å². The van der Waals surface area contributed by atoms with Gasteiger partial charge in [-0.1, -0.05) is 31.9 Å². The van der Waals surface area contributed by atoms with Gasteiger partial charge in [0, 0.05) is 15.9 Å². The Bertz CT molecular complexity index is 382. The van der Waals surface area contributed by atoms with Crippen LogP contribution in [0.5, 0.6) is 5.75 Å². The zero-order valence-corrected chi connectivity index (χ0v) is 11.2. The molecule has 0 aromatic heterocycles. The van der Waals surface area contributed by atoms with Crippen LogP contribution in [0.1, 0.15) is 5.56 Å². The summed E-state index contributed by atoms with van der Waals surface area (Å²) in [5, 5.41) is 11.4. The molecule has 0 radical (unpaired) electrons. The fourth-order valence-corrected chi connectivity index (χ4v) is 1.90. The summed E-state index contributed by atoms with van der Waals surface area (Å²) in [4.78, 5) is 10.3. The molecule has 0 aliphatic carbocycles. The van der Waals surface area contributed by atoms with E-state index in [2.05, 4.69) is 31.9 Å². The van der Waals surface area contributed by atoms with E-state index >= 15 is 0 Å². The molecule has 0 spiro atoms. The van der Waals surface area contributed by atoms with Gasteiger partial charge in [-0.3, -0.25) is 10.1 Å². The number of hydrogen-bond donors (Lipinski definition) is 0. The Hall–Kier alpha value is -0.620. The Morgan fingerprint density at radius 1 is 1.53 bits per heavy atom. The zero-order chi connectivity index (χ0) is 11.4. The van der Waals surface area contributed by atoms with Gasteiger partial charge in [-0.15, -0.1) is 0 Å². The van der Waals surface area contributed by atoms with Crippen molar-refractivity contribution in [2.24, 2.45) is 0 Å². The fraction of sp³-hybridized carbons (Fsp3) is 0.333. The van der Waals surface area contributed by atoms with Gasteiger partial charge >= 0.3 is 5.69 Å². The first-order valence-electron chi connectivity index (χ1n) is 4.19. The minimum absolute atomic E-state index is 0.0113. The number of nitro groups is 1. The molecule has 1 aromatic rings. The van der Waals surface area contributed by atoms with Gasteiger partial charge in [-0.05, 0) is 18.6 Å². The summed E-state index contributed by atoms with van der Waals surface area (Å²) in [6, 6.07) is 3.23. The molecule has 0 fully saturated rings. The van der Waals surface area contributed by atoms with Crippen molar-refractivity contribution in [1.82, 2.24) is 0 Å². The molecule has 0 atom stereocenters. The van der Waals surface area contributed by atoms with Crippen molar-refractivity contribution >= 4 is 37.5 Å². The predicted octanol–water partition coefficient (Wildman–Crippen LogP) is 3.44. The van der Waals surface area contributed by atoms with Crippen LogP contribution in [0.4, 0.5) is 5.69 Å². The number of halogens is 2. The summed E-state index contributed by atoms with van der Waals surface area (Å²) in [5.74, 6) is 0.336. The summed E-state index contributed by atoms with van der Waals surface area (Å²) in [6.45, 7) is 2.19. The largest absolute Gasteiger partial charge is 0.486 e. The van der Waals surface area contributed by atoms with Crippen molar-refractivity contribution < 1.29 is 9.66 Å². The van der Waals surface area contributed by atoms with Crippen molar-refractivity contribution in [2.45, 2.75) is 6.92 Å². The van der Waals surface area contributed by atoms with Gasteiger partial charge < -0.3 is 4.74 Å². The SMILES string of the molecule is Cc1cc(Br)cc([N+](=O)[O-])c1OCCBr. The molecule has 0 unspecified atom stereocenters. The molecule has 1 aromatic carbocycles. The minimum Gasteiger partial charge on any atom is -0.486 e. The first-order chi connectivity index (χ1) is 7.06. The van der Waals surface area contributed by atoms with Crippen molar-refractivity contribution in [2.75, 3.05) is 11.9 Å². The molecular weight excluding hydrogens is 330 g/mol. The van der Waals surface area contributed by atoms with E-state index in [0.717, 1.165) is 5.56 Å². The van der Waals surface area contributed by atoms with E-state index in [1.54, 1.807) is 13.0 Å². The molecule has 4 nitrogen and oxygen atoms in total. The first-order valence-corrected chi connectivity index (χ1v) is 6.11. The number of nitrogens with zero attached hydrogens (tertiary/aromatic N) is 1. The van der Waals surface area contributed by atoms with Gasteiger partial charge in [-0.2, -0.15) is 0 Å². The van der Waals surface area contributed by atoms with E-state index in [0.29, 0.717) is 22.2 Å². The average molecular weight is 339 g/mol. The second-order valence-electron chi connectivity index (χ2n) is 2.87. The topological polar surface area (TPSA) is 52.4 Å². The third-order valence-corrected chi connectivity index (χ3v) is 2.52. The van der Waals surface area contributed by atoms with E-state index in [-0.39, 0.29) is 5.69 Å². The van der Waals surface area contributed by atoms with Crippen LogP contribution in [0, 0.1) is 17.0 Å². The van der Waals surface area contributed by atoms with Crippen LogP contribution in [0.2, 0.25) is 0 Å². The lowest BCUT2D eigenvalue weighted by molar-refractivity contribution is -0.386. The third-order valence-electron chi connectivity index (χ3n) is 1.74. The van der Waals surface area contributed by atoms with E-state index < -0.39 is 4.92 Å². The highest BCUT2D eigenvalue weighted by atomic mass is 79.9. The van der Waals surface area contributed by atoms with Gasteiger partial charge in [0.05, 0.1) is 11.5 Å². The molecule has 82 valence electrons. The second-order valence-corrected chi connectivity index (χ2v) is 4.57. The molecule has 0 saturated carbocycles. The molecule has 0 amide bonds. The number of hydrogen-bond acceptors (Lipinski definition) is 3. The Kier molecular flexibility index (Phi) is 4.53. The molecule has 1 rings (SSSR count). The zero-order valence-electron chi connectivity index (χ0n) is 8.00. The van der Waals surface area contributed by atoms with E-state index in [1.807, 2.05) is 0 Å². The maximum absolute atomic E-state index is 10.8. The summed E-state index contributed by atoms with van der Waals surface area (Å²) in [6.07, 6.45) is 0. The molecular formula is C9H9Br2NO3. The number of ether oxygens (including phenoxy) is 1. The molecule has 6 heteroatoms. The molecule has 0 aliphatic rings. The number of aryl methyl sites for hydroxylation is 1. The molecule has 15 heavy (non-hydrogen) atoms. The highest BCUT2D eigenvalue weighted by Crippen LogP contribution is 2.33. The van der Waals surface area contributed by atoms with Gasteiger partial charge in [0.25, 0.3) is 0 Å².